The lowest BCUT2D eigenvalue weighted by atomic mass is 10.1. The predicted octanol–water partition coefficient (Wildman–Crippen LogP) is 11.6. The van der Waals surface area contributed by atoms with E-state index in [9.17, 15) is 0 Å². The van der Waals surface area contributed by atoms with Crippen LogP contribution in [0.4, 0.5) is 0 Å². The number of hydrogen-bond acceptors (Lipinski definition) is 3. The SMILES string of the molecule is c1ccc(-n2c3nc4ccccc4n3c3ccc(-n4c5ccccc5c5cc(-n6c7ccccc7n7c8ccccc8nc67)ccc54)cc3n3c4ccccc4nc23)cc1. The third kappa shape index (κ3) is 4.12. The molecule has 0 saturated carbocycles. The third-order valence-electron chi connectivity index (χ3n) is 12.2. The van der Waals surface area contributed by atoms with Gasteiger partial charge in [0.05, 0.1) is 71.9 Å². The van der Waals surface area contributed by atoms with Gasteiger partial charge in [-0.15, -0.1) is 0 Å². The second-order valence-electron chi connectivity index (χ2n) is 15.4. The topological polar surface area (TPSA) is 66.7 Å². The van der Waals surface area contributed by atoms with Crippen LogP contribution in [-0.2, 0) is 0 Å². The quantitative estimate of drug-likeness (QED) is 0.180. The summed E-state index contributed by atoms with van der Waals surface area (Å²) in [5.41, 5.74) is 15.5. The molecule has 6 heterocycles. The molecule has 14 rings (SSSR count). The van der Waals surface area contributed by atoms with E-state index in [0.717, 1.165) is 106 Å². The lowest BCUT2D eigenvalue weighted by Crippen LogP contribution is -2.01. The van der Waals surface area contributed by atoms with Crippen LogP contribution in [0.5, 0.6) is 0 Å². The number of para-hydroxylation sites is 10. The maximum atomic E-state index is 5.34. The molecule has 0 aliphatic carbocycles. The van der Waals surface area contributed by atoms with E-state index in [0.29, 0.717) is 0 Å². The zero-order chi connectivity index (χ0) is 39.1. The highest BCUT2D eigenvalue weighted by atomic mass is 15.3. The van der Waals surface area contributed by atoms with Gasteiger partial charge in [0, 0.05) is 22.1 Å². The highest BCUT2D eigenvalue weighted by Gasteiger charge is 2.22. The molecule has 0 aliphatic rings. The number of nitrogens with zero attached hydrogens (tertiary/aromatic N) is 9. The summed E-state index contributed by atoms with van der Waals surface area (Å²) in [6.07, 6.45) is 0. The molecule has 8 aromatic carbocycles. The molecule has 9 nitrogen and oxygen atoms in total. The Morgan fingerprint density at radius 1 is 0.250 bits per heavy atom. The molecule has 0 bridgehead atoms. The summed E-state index contributed by atoms with van der Waals surface area (Å²) in [7, 11) is 0. The van der Waals surface area contributed by atoms with Crippen LogP contribution < -0.4 is 0 Å². The van der Waals surface area contributed by atoms with Crippen LogP contribution in [0, 0.1) is 0 Å². The molecule has 0 fully saturated rings. The Hall–Kier alpha value is -8.43. The molecule has 0 radical (unpaired) electrons. The van der Waals surface area contributed by atoms with Crippen molar-refractivity contribution >= 4 is 94.3 Å². The average molecular weight is 770 g/mol. The first kappa shape index (κ1) is 31.6. The van der Waals surface area contributed by atoms with Crippen molar-refractivity contribution in [3.05, 3.63) is 188 Å². The van der Waals surface area contributed by atoms with Gasteiger partial charge < -0.3 is 4.57 Å². The van der Waals surface area contributed by atoms with Crippen LogP contribution in [0.2, 0.25) is 0 Å². The fourth-order valence-electron chi connectivity index (χ4n) is 9.70. The van der Waals surface area contributed by atoms with Crippen molar-refractivity contribution in [1.29, 1.82) is 0 Å². The van der Waals surface area contributed by atoms with Crippen LogP contribution in [0.3, 0.4) is 0 Å². The van der Waals surface area contributed by atoms with Crippen LogP contribution in [-0.4, -0.2) is 41.9 Å². The number of aromatic nitrogens is 9. The molecule has 0 unspecified atom stereocenters. The average Bonchev–Trinajstić information content (AvgIpc) is 4.10. The summed E-state index contributed by atoms with van der Waals surface area (Å²) in [6.45, 7) is 0. The van der Waals surface area contributed by atoms with Crippen molar-refractivity contribution in [2.24, 2.45) is 0 Å². The fraction of sp³-hybridized carbons (Fsp3) is 0. The maximum Gasteiger partial charge on any atom is 0.223 e. The minimum atomic E-state index is 0.777. The molecule has 9 heteroatoms. The van der Waals surface area contributed by atoms with Gasteiger partial charge in [0.25, 0.3) is 0 Å². The Labute approximate surface area is 340 Å². The normalized spacial score (nSPS) is 12.3. The van der Waals surface area contributed by atoms with E-state index in [2.05, 4.69) is 203 Å². The van der Waals surface area contributed by atoms with Gasteiger partial charge in [-0.2, -0.15) is 0 Å². The number of imidazole rings is 4. The lowest BCUT2D eigenvalue weighted by molar-refractivity contribution is 1.03. The zero-order valence-corrected chi connectivity index (χ0v) is 31.9. The Morgan fingerprint density at radius 3 is 1.32 bits per heavy atom. The van der Waals surface area contributed by atoms with Crippen molar-refractivity contribution in [2.75, 3.05) is 0 Å². The van der Waals surface area contributed by atoms with E-state index in [1.54, 1.807) is 0 Å². The van der Waals surface area contributed by atoms with Crippen molar-refractivity contribution in [2.45, 2.75) is 0 Å². The first-order valence-corrected chi connectivity index (χ1v) is 20.1. The molecule has 6 aromatic heterocycles. The van der Waals surface area contributed by atoms with Gasteiger partial charge >= 0.3 is 0 Å². The Bertz CT molecular complexity index is 4130. The molecule has 0 atom stereocenters. The number of hydrogen-bond donors (Lipinski definition) is 0. The van der Waals surface area contributed by atoms with E-state index in [1.165, 1.54) is 5.39 Å². The van der Waals surface area contributed by atoms with Gasteiger partial charge in [0.2, 0.25) is 17.3 Å². The molecule has 0 saturated heterocycles. The summed E-state index contributed by atoms with van der Waals surface area (Å²) in [4.78, 5) is 15.8. The summed E-state index contributed by atoms with van der Waals surface area (Å²) in [5, 5.41) is 2.34. The largest absolute Gasteiger partial charge is 0.309 e. The standard InChI is InChI=1S/C51H31N9/c1-2-14-32(15-3-1)57-50-53-38-18-6-10-22-43(38)59(50)47-29-27-34(31-48(47)60-44-23-11-7-19-39(44)54-51(57)60)55-40-20-8-4-16-35(40)36-30-33(26-28-41(36)55)56-45-24-12-13-25-46(45)58-42-21-9-5-17-37(42)52-49(56)58/h1-31H. The number of rotatable bonds is 3. The van der Waals surface area contributed by atoms with Crippen molar-refractivity contribution in [1.82, 2.24) is 41.9 Å². The van der Waals surface area contributed by atoms with Gasteiger partial charge in [0.1, 0.15) is 0 Å². The Kier molecular flexibility index (Phi) is 6.11. The number of fused-ring (bicyclic) bond motifs is 17. The van der Waals surface area contributed by atoms with Crippen molar-refractivity contribution in [3.8, 4) is 17.1 Å². The summed E-state index contributed by atoms with van der Waals surface area (Å²) in [5.74, 6) is 2.45. The molecule has 0 aliphatic heterocycles. The molecule has 0 amide bonds. The third-order valence-corrected chi connectivity index (χ3v) is 12.2. The summed E-state index contributed by atoms with van der Waals surface area (Å²) in [6, 6.07) is 66.5. The minimum absolute atomic E-state index is 0.777. The second kappa shape index (κ2) is 11.6. The molecular weight excluding hydrogens is 739 g/mol. The molecule has 280 valence electrons. The monoisotopic (exact) mass is 769 g/mol. The summed E-state index contributed by atoms with van der Waals surface area (Å²) >= 11 is 0. The van der Waals surface area contributed by atoms with Gasteiger partial charge in [-0.3, -0.25) is 17.8 Å². The minimum Gasteiger partial charge on any atom is -0.309 e. The van der Waals surface area contributed by atoms with Crippen LogP contribution in [0.1, 0.15) is 0 Å². The van der Waals surface area contributed by atoms with Crippen LogP contribution >= 0.6 is 0 Å². The fourth-order valence-corrected chi connectivity index (χ4v) is 9.70. The van der Waals surface area contributed by atoms with Crippen LogP contribution in [0.25, 0.3) is 111 Å². The van der Waals surface area contributed by atoms with Gasteiger partial charge in [-0.05, 0) is 103 Å². The maximum absolute atomic E-state index is 5.34. The molecule has 14 aromatic rings. The van der Waals surface area contributed by atoms with Gasteiger partial charge in [-0.25, -0.2) is 19.5 Å². The van der Waals surface area contributed by atoms with Crippen LogP contribution in [0.15, 0.2) is 188 Å². The van der Waals surface area contributed by atoms with E-state index in [4.69, 9.17) is 15.0 Å². The Balaban J connectivity index is 1.09. The predicted molar refractivity (Wildman–Crippen MR) is 242 cm³/mol. The first-order valence-electron chi connectivity index (χ1n) is 20.1. The lowest BCUT2D eigenvalue weighted by Gasteiger charge is -2.11. The molecule has 0 N–H and O–H groups in total. The smallest absolute Gasteiger partial charge is 0.223 e. The number of benzene rings is 8. The summed E-state index contributed by atoms with van der Waals surface area (Å²) < 4.78 is 13.7. The van der Waals surface area contributed by atoms with Gasteiger partial charge in [0.15, 0.2) is 0 Å². The van der Waals surface area contributed by atoms with Crippen molar-refractivity contribution < 1.29 is 0 Å². The zero-order valence-electron chi connectivity index (χ0n) is 31.9. The van der Waals surface area contributed by atoms with Crippen molar-refractivity contribution in [3.63, 3.8) is 0 Å². The molecule has 60 heavy (non-hydrogen) atoms. The first-order chi connectivity index (χ1) is 29.8. The van der Waals surface area contributed by atoms with E-state index >= 15 is 0 Å². The Morgan fingerprint density at radius 2 is 0.683 bits per heavy atom. The van der Waals surface area contributed by atoms with Gasteiger partial charge in [-0.1, -0.05) is 84.9 Å². The second-order valence-corrected chi connectivity index (χ2v) is 15.4. The molecule has 0 spiro atoms. The molecular formula is C51H31N9. The van der Waals surface area contributed by atoms with E-state index < -0.39 is 0 Å². The van der Waals surface area contributed by atoms with E-state index in [1.807, 2.05) is 12.1 Å². The highest BCUT2D eigenvalue weighted by Crippen LogP contribution is 2.37. The van der Waals surface area contributed by atoms with E-state index in [-0.39, 0.29) is 0 Å². The highest BCUT2D eigenvalue weighted by molar-refractivity contribution is 6.10.